The molecule has 7 atom stereocenters. The van der Waals surface area contributed by atoms with Gasteiger partial charge in [0.25, 0.3) is 0 Å². The zero-order valence-corrected chi connectivity index (χ0v) is 43.1. The lowest BCUT2D eigenvalue weighted by atomic mass is 9.99. The molecule has 1 fully saturated rings. The molecule has 0 bridgehead atoms. The predicted octanol–water partition coefficient (Wildman–Crippen LogP) is 13.5. The van der Waals surface area contributed by atoms with Crippen LogP contribution >= 0.6 is 0 Å². The Labute approximate surface area is 411 Å². The van der Waals surface area contributed by atoms with Gasteiger partial charge in [-0.1, -0.05) is 222 Å². The van der Waals surface area contributed by atoms with Gasteiger partial charge in [-0.15, -0.1) is 0 Å². The van der Waals surface area contributed by atoms with E-state index in [-0.39, 0.29) is 12.5 Å². The Morgan fingerprint density at radius 2 is 0.896 bits per heavy atom. The number of hydrogen-bond acceptors (Lipinski definition) is 8. The number of aliphatic hydroxyl groups is 5. The summed E-state index contributed by atoms with van der Waals surface area (Å²) in [6.07, 6.45) is 57.1. The van der Waals surface area contributed by atoms with Crippen LogP contribution in [-0.4, -0.2) is 87.5 Å². The van der Waals surface area contributed by atoms with E-state index in [1.54, 1.807) is 6.08 Å². The minimum absolute atomic E-state index is 0.199. The van der Waals surface area contributed by atoms with Crippen molar-refractivity contribution in [3.05, 3.63) is 60.8 Å². The van der Waals surface area contributed by atoms with Crippen LogP contribution in [-0.2, 0) is 14.3 Å². The van der Waals surface area contributed by atoms with Crippen LogP contribution in [0, 0.1) is 0 Å². The summed E-state index contributed by atoms with van der Waals surface area (Å²) in [4.78, 5) is 13.0. The van der Waals surface area contributed by atoms with Crippen molar-refractivity contribution in [2.75, 3.05) is 13.2 Å². The number of nitrogens with one attached hydrogen (secondary N) is 1. The highest BCUT2D eigenvalue weighted by molar-refractivity contribution is 5.76. The maximum atomic E-state index is 13.0. The maximum absolute atomic E-state index is 13.0. The van der Waals surface area contributed by atoms with E-state index >= 15 is 0 Å². The summed E-state index contributed by atoms with van der Waals surface area (Å²) >= 11 is 0. The summed E-state index contributed by atoms with van der Waals surface area (Å²) in [5.74, 6) is -0.199. The van der Waals surface area contributed by atoms with Crippen molar-refractivity contribution >= 4 is 5.91 Å². The van der Waals surface area contributed by atoms with E-state index in [0.29, 0.717) is 6.42 Å². The number of ether oxygens (including phenoxy) is 2. The van der Waals surface area contributed by atoms with E-state index in [1.807, 2.05) is 6.08 Å². The molecular formula is C58H105NO8. The van der Waals surface area contributed by atoms with Gasteiger partial charge in [0.2, 0.25) is 5.91 Å². The molecule has 390 valence electrons. The van der Waals surface area contributed by atoms with Gasteiger partial charge in [-0.05, 0) is 77.0 Å². The van der Waals surface area contributed by atoms with Crippen LogP contribution in [0.3, 0.4) is 0 Å². The maximum Gasteiger partial charge on any atom is 0.220 e. The smallest absolute Gasteiger partial charge is 0.220 e. The summed E-state index contributed by atoms with van der Waals surface area (Å²) in [6, 6.07) is -0.835. The van der Waals surface area contributed by atoms with Crippen molar-refractivity contribution in [3.8, 4) is 0 Å². The number of unbranched alkanes of at least 4 members (excludes halogenated alkanes) is 29. The number of rotatable bonds is 47. The summed E-state index contributed by atoms with van der Waals surface area (Å²) < 4.78 is 11.2. The van der Waals surface area contributed by atoms with Crippen LogP contribution in [0.15, 0.2) is 60.8 Å². The topological polar surface area (TPSA) is 149 Å². The molecule has 0 spiro atoms. The molecule has 67 heavy (non-hydrogen) atoms. The lowest BCUT2D eigenvalue weighted by Crippen LogP contribution is -2.60. The van der Waals surface area contributed by atoms with Gasteiger partial charge in [0.05, 0.1) is 25.4 Å². The molecule has 1 aliphatic rings. The van der Waals surface area contributed by atoms with E-state index in [9.17, 15) is 30.3 Å². The first kappa shape index (κ1) is 62.9. The van der Waals surface area contributed by atoms with Gasteiger partial charge < -0.3 is 40.3 Å². The molecule has 0 aromatic heterocycles. The summed E-state index contributed by atoms with van der Waals surface area (Å²) in [5, 5.41) is 54.4. The third-order valence-electron chi connectivity index (χ3n) is 13.0. The van der Waals surface area contributed by atoms with Crippen molar-refractivity contribution in [1.29, 1.82) is 0 Å². The minimum Gasteiger partial charge on any atom is -0.394 e. The van der Waals surface area contributed by atoms with Crippen molar-refractivity contribution in [1.82, 2.24) is 5.32 Å². The zero-order chi connectivity index (χ0) is 48.7. The molecule has 1 amide bonds. The number of carbonyl (C=O) groups is 1. The average Bonchev–Trinajstić information content (AvgIpc) is 3.33. The van der Waals surface area contributed by atoms with Crippen LogP contribution < -0.4 is 5.32 Å². The van der Waals surface area contributed by atoms with E-state index in [4.69, 9.17) is 9.47 Å². The summed E-state index contributed by atoms with van der Waals surface area (Å²) in [5.41, 5.74) is 0. The van der Waals surface area contributed by atoms with Gasteiger partial charge in [0.15, 0.2) is 6.29 Å². The van der Waals surface area contributed by atoms with E-state index in [2.05, 4.69) is 67.8 Å². The largest absolute Gasteiger partial charge is 0.394 e. The molecule has 0 saturated carbocycles. The van der Waals surface area contributed by atoms with Gasteiger partial charge in [-0.3, -0.25) is 4.79 Å². The fourth-order valence-electron chi connectivity index (χ4n) is 8.57. The fraction of sp³-hybridized carbons (Fsp3) is 0.810. The quantitative estimate of drug-likeness (QED) is 0.0261. The second kappa shape index (κ2) is 47.6. The first-order valence-electron chi connectivity index (χ1n) is 28.0. The molecule has 7 unspecified atom stereocenters. The van der Waals surface area contributed by atoms with Crippen LogP contribution in [0.5, 0.6) is 0 Å². The molecule has 0 aromatic carbocycles. The Morgan fingerprint density at radius 3 is 1.36 bits per heavy atom. The van der Waals surface area contributed by atoms with Crippen LogP contribution in [0.1, 0.15) is 245 Å². The van der Waals surface area contributed by atoms with Crippen LogP contribution in [0.4, 0.5) is 0 Å². The Morgan fingerprint density at radius 1 is 0.507 bits per heavy atom. The molecule has 6 N–H and O–H groups in total. The molecule has 1 heterocycles. The highest BCUT2D eigenvalue weighted by Crippen LogP contribution is 2.23. The van der Waals surface area contributed by atoms with E-state index in [0.717, 1.165) is 64.2 Å². The number of carbonyl (C=O) groups excluding carboxylic acids is 1. The first-order chi connectivity index (χ1) is 32.8. The first-order valence-corrected chi connectivity index (χ1v) is 28.0. The van der Waals surface area contributed by atoms with Gasteiger partial charge in [0, 0.05) is 6.42 Å². The Bertz CT molecular complexity index is 1230. The van der Waals surface area contributed by atoms with Crippen molar-refractivity contribution in [2.24, 2.45) is 0 Å². The van der Waals surface area contributed by atoms with Gasteiger partial charge >= 0.3 is 0 Å². The standard InChI is InChI=1S/C58H105NO8/c1-3-5-7-9-11-13-15-17-19-21-23-24-25-26-27-28-29-30-31-33-35-37-39-41-43-45-47-52(61)51(50-66-58-57(65)56(64)55(63)53(49-60)67-58)59-54(62)48-46-44-42-40-38-36-34-32-22-20-18-16-14-12-10-8-6-4-2/h14,16,20,22,30-31,37,39,45,47,51-53,55-58,60-61,63-65H,3-13,15,17-19,21,23-29,32-36,38,40-44,46,48-50H2,1-2H3,(H,59,62)/b16-14-,22-20-,31-30+,39-37+,47-45+. The summed E-state index contributed by atoms with van der Waals surface area (Å²) in [7, 11) is 0. The highest BCUT2D eigenvalue weighted by Gasteiger charge is 2.44. The molecule has 0 aliphatic carbocycles. The van der Waals surface area contributed by atoms with Crippen molar-refractivity contribution in [3.63, 3.8) is 0 Å². The monoisotopic (exact) mass is 944 g/mol. The van der Waals surface area contributed by atoms with Gasteiger partial charge in [-0.25, -0.2) is 0 Å². The summed E-state index contributed by atoms with van der Waals surface area (Å²) in [6.45, 7) is 3.75. The zero-order valence-electron chi connectivity index (χ0n) is 43.1. The predicted molar refractivity (Wildman–Crippen MR) is 281 cm³/mol. The fourth-order valence-corrected chi connectivity index (χ4v) is 8.57. The number of allylic oxidation sites excluding steroid dienone is 9. The Hall–Kier alpha value is -2.11. The normalized spacial score (nSPS) is 20.1. The van der Waals surface area contributed by atoms with Gasteiger partial charge in [-0.2, -0.15) is 0 Å². The third kappa shape index (κ3) is 37.4. The molecule has 9 heteroatoms. The Kier molecular flexibility index (Phi) is 44.7. The molecule has 9 nitrogen and oxygen atoms in total. The van der Waals surface area contributed by atoms with E-state index in [1.165, 1.54) is 161 Å². The second-order valence-electron chi connectivity index (χ2n) is 19.4. The molecular weight excluding hydrogens is 839 g/mol. The van der Waals surface area contributed by atoms with Gasteiger partial charge in [0.1, 0.15) is 24.4 Å². The molecule has 0 radical (unpaired) electrons. The SMILES string of the molecule is CCCCCC/C=C\C/C=C\CCCCCCCCCC(=O)NC(COC1OC(CO)C(O)C(O)C1O)C(O)/C=C/CC/C=C/CC/C=C/CCCCCCCCCCCCCCCCCC. The number of hydrogen-bond donors (Lipinski definition) is 6. The minimum atomic E-state index is -1.58. The van der Waals surface area contributed by atoms with Crippen molar-refractivity contribution in [2.45, 2.75) is 288 Å². The van der Waals surface area contributed by atoms with Crippen LogP contribution in [0.2, 0.25) is 0 Å². The Balaban J connectivity index is 2.29. The van der Waals surface area contributed by atoms with E-state index < -0.39 is 49.5 Å². The molecule has 1 saturated heterocycles. The lowest BCUT2D eigenvalue weighted by molar-refractivity contribution is -0.302. The highest BCUT2D eigenvalue weighted by atomic mass is 16.7. The lowest BCUT2D eigenvalue weighted by Gasteiger charge is -2.40. The molecule has 1 rings (SSSR count). The third-order valence-corrected chi connectivity index (χ3v) is 13.0. The second-order valence-corrected chi connectivity index (χ2v) is 19.4. The van der Waals surface area contributed by atoms with Crippen LogP contribution in [0.25, 0.3) is 0 Å². The number of amides is 1. The van der Waals surface area contributed by atoms with Crippen molar-refractivity contribution < 1.29 is 39.8 Å². The molecule has 1 aliphatic heterocycles. The number of aliphatic hydroxyl groups excluding tert-OH is 5. The average molecular weight is 944 g/mol. The molecule has 0 aromatic rings.